The van der Waals surface area contributed by atoms with Gasteiger partial charge in [-0.15, -0.1) is 0 Å². The number of alkyl halides is 1. The Morgan fingerprint density at radius 3 is 2.56 bits per heavy atom. The van der Waals surface area contributed by atoms with Gasteiger partial charge in [0, 0.05) is 23.6 Å². The van der Waals surface area contributed by atoms with E-state index >= 15 is 0 Å². The second-order valence-corrected chi connectivity index (χ2v) is 3.22. The molecule has 90 valence electrons. The maximum atomic E-state index is 8.94. The first-order valence-electron chi connectivity index (χ1n) is 4.54. The molecule has 1 rings (SSSR count). The lowest BCUT2D eigenvalue weighted by Crippen LogP contribution is -2.18. The molecule has 0 fully saturated rings. The molecule has 0 spiro atoms. The number of ether oxygens (including phenoxy) is 1. The second-order valence-electron chi connectivity index (χ2n) is 2.65. The summed E-state index contributed by atoms with van der Waals surface area (Å²) in [4.78, 5) is 8.94. The Morgan fingerprint density at radius 1 is 1.56 bits per heavy atom. The van der Waals surface area contributed by atoms with Gasteiger partial charge in [-0.1, -0.05) is 22.0 Å². The molecule has 0 bridgehead atoms. The molecule has 0 aromatic heterocycles. The molecule has 6 heteroatoms. The van der Waals surface area contributed by atoms with Crippen LogP contribution in [-0.2, 0) is 10.1 Å². The molecule has 0 atom stereocenters. The number of halogens is 1. The smallest absolute Gasteiger partial charge is 0.221 e. The number of methoxy groups -OCH3 is 1. The molecule has 0 aliphatic carbocycles. The van der Waals surface area contributed by atoms with Crippen molar-refractivity contribution < 1.29 is 9.53 Å². The van der Waals surface area contributed by atoms with E-state index in [0.717, 1.165) is 22.3 Å². The molecule has 1 amide bonds. The molecule has 1 aromatic rings. The SMILES string of the molecule is CNc1cccc(OC)c1CBr.NNC=O. The maximum Gasteiger partial charge on any atom is 0.221 e. The number of nitrogens with one attached hydrogen (secondary N) is 2. The third kappa shape index (κ3) is 4.50. The molecular formula is C10H16BrN3O2. The molecular weight excluding hydrogens is 274 g/mol. The topological polar surface area (TPSA) is 76.4 Å². The highest BCUT2D eigenvalue weighted by Gasteiger charge is 2.04. The van der Waals surface area contributed by atoms with Gasteiger partial charge in [0.2, 0.25) is 6.41 Å². The summed E-state index contributed by atoms with van der Waals surface area (Å²) < 4.78 is 5.21. The Balaban J connectivity index is 0.000000487. The Morgan fingerprint density at radius 2 is 2.19 bits per heavy atom. The molecule has 0 aliphatic heterocycles. The van der Waals surface area contributed by atoms with E-state index in [4.69, 9.17) is 9.53 Å². The minimum absolute atomic E-state index is 0.403. The quantitative estimate of drug-likeness (QED) is 0.256. The minimum Gasteiger partial charge on any atom is -0.496 e. The van der Waals surface area contributed by atoms with Gasteiger partial charge in [-0.3, -0.25) is 10.2 Å². The van der Waals surface area contributed by atoms with Crippen LogP contribution in [0.15, 0.2) is 18.2 Å². The lowest BCUT2D eigenvalue weighted by molar-refractivity contribution is -0.109. The Bertz CT molecular complexity index is 299. The van der Waals surface area contributed by atoms with E-state index in [9.17, 15) is 0 Å². The summed E-state index contributed by atoms with van der Waals surface area (Å²) in [6.07, 6.45) is 0.403. The van der Waals surface area contributed by atoms with Crippen LogP contribution < -0.4 is 21.3 Å². The molecule has 1 aromatic carbocycles. The van der Waals surface area contributed by atoms with Crippen molar-refractivity contribution in [2.75, 3.05) is 19.5 Å². The predicted molar refractivity (Wildman–Crippen MR) is 68.6 cm³/mol. The van der Waals surface area contributed by atoms with E-state index < -0.39 is 0 Å². The van der Waals surface area contributed by atoms with Gasteiger partial charge in [0.05, 0.1) is 7.11 Å². The predicted octanol–water partition coefficient (Wildman–Crippen LogP) is 1.24. The number of amides is 1. The highest BCUT2D eigenvalue weighted by Crippen LogP contribution is 2.27. The normalized spacial score (nSPS) is 8.50. The van der Waals surface area contributed by atoms with Crippen molar-refractivity contribution in [3.8, 4) is 5.75 Å². The maximum absolute atomic E-state index is 8.94. The van der Waals surface area contributed by atoms with Crippen molar-refractivity contribution in [3.63, 3.8) is 0 Å². The monoisotopic (exact) mass is 289 g/mol. The fourth-order valence-electron chi connectivity index (χ4n) is 1.13. The number of hydrogen-bond donors (Lipinski definition) is 3. The van der Waals surface area contributed by atoms with Gasteiger partial charge >= 0.3 is 0 Å². The number of hydrazine groups is 1. The molecule has 0 saturated carbocycles. The molecule has 4 N–H and O–H groups in total. The van der Waals surface area contributed by atoms with E-state index in [1.807, 2.05) is 25.2 Å². The van der Waals surface area contributed by atoms with Crippen molar-refractivity contribution in [3.05, 3.63) is 23.8 Å². The molecule has 16 heavy (non-hydrogen) atoms. The average molecular weight is 290 g/mol. The van der Waals surface area contributed by atoms with Crippen LogP contribution in [0.3, 0.4) is 0 Å². The van der Waals surface area contributed by atoms with Gasteiger partial charge < -0.3 is 10.1 Å². The Hall–Kier alpha value is -1.27. The third-order valence-corrected chi connectivity index (χ3v) is 2.38. The zero-order valence-corrected chi connectivity index (χ0v) is 10.9. The lowest BCUT2D eigenvalue weighted by Gasteiger charge is -2.10. The third-order valence-electron chi connectivity index (χ3n) is 1.82. The number of rotatable bonds is 4. The molecule has 0 unspecified atom stereocenters. The van der Waals surface area contributed by atoms with Crippen molar-refractivity contribution in [2.24, 2.45) is 5.84 Å². The van der Waals surface area contributed by atoms with E-state index in [-0.39, 0.29) is 0 Å². The summed E-state index contributed by atoms with van der Waals surface area (Å²) in [6, 6.07) is 5.95. The first-order valence-corrected chi connectivity index (χ1v) is 5.66. The highest BCUT2D eigenvalue weighted by molar-refractivity contribution is 9.08. The average Bonchev–Trinajstić information content (AvgIpc) is 2.37. The van der Waals surface area contributed by atoms with Gasteiger partial charge in [0.25, 0.3) is 0 Å². The van der Waals surface area contributed by atoms with Gasteiger partial charge in [-0.05, 0) is 12.1 Å². The van der Waals surface area contributed by atoms with Crippen LogP contribution in [0, 0.1) is 0 Å². The van der Waals surface area contributed by atoms with Crippen LogP contribution in [0.2, 0.25) is 0 Å². The molecule has 0 radical (unpaired) electrons. The highest BCUT2D eigenvalue weighted by atomic mass is 79.9. The van der Waals surface area contributed by atoms with E-state index in [0.29, 0.717) is 6.41 Å². The van der Waals surface area contributed by atoms with Gasteiger partial charge in [0.15, 0.2) is 0 Å². The second kappa shape index (κ2) is 8.99. The van der Waals surface area contributed by atoms with Crippen molar-refractivity contribution in [2.45, 2.75) is 5.33 Å². The van der Waals surface area contributed by atoms with Crippen LogP contribution in [0.4, 0.5) is 5.69 Å². The molecule has 0 aliphatic rings. The van der Waals surface area contributed by atoms with Crippen molar-refractivity contribution >= 4 is 28.0 Å². The van der Waals surface area contributed by atoms with Gasteiger partial charge in [-0.25, -0.2) is 5.84 Å². The number of anilines is 1. The van der Waals surface area contributed by atoms with Gasteiger partial charge in [0.1, 0.15) is 5.75 Å². The number of hydrogen-bond acceptors (Lipinski definition) is 4. The molecule has 0 heterocycles. The van der Waals surface area contributed by atoms with E-state index in [2.05, 4.69) is 27.1 Å². The Kier molecular flexibility index (Phi) is 8.28. The fourth-order valence-corrected chi connectivity index (χ4v) is 1.71. The lowest BCUT2D eigenvalue weighted by atomic mass is 10.2. The van der Waals surface area contributed by atoms with Crippen molar-refractivity contribution in [1.82, 2.24) is 5.43 Å². The standard InChI is InChI=1S/C9H12BrNO.CH4N2O/c1-11-8-4-3-5-9(12-2)7(8)6-10;2-3-1-4/h3-5,11H,6H2,1-2H3;1H,2H2,(H,3,4). The van der Waals surface area contributed by atoms with Crippen molar-refractivity contribution in [1.29, 1.82) is 0 Å². The number of carbonyl (C=O) groups excluding carboxylic acids is 1. The van der Waals surface area contributed by atoms with E-state index in [1.165, 1.54) is 0 Å². The van der Waals surface area contributed by atoms with Crippen LogP contribution in [0.25, 0.3) is 0 Å². The largest absolute Gasteiger partial charge is 0.496 e. The molecule has 5 nitrogen and oxygen atoms in total. The minimum atomic E-state index is 0.403. The summed E-state index contributed by atoms with van der Waals surface area (Å²) in [5.41, 5.74) is 4.01. The summed E-state index contributed by atoms with van der Waals surface area (Å²) in [7, 11) is 3.59. The van der Waals surface area contributed by atoms with Gasteiger partial charge in [-0.2, -0.15) is 0 Å². The number of benzene rings is 1. The van der Waals surface area contributed by atoms with E-state index in [1.54, 1.807) is 12.5 Å². The summed E-state index contributed by atoms with van der Waals surface area (Å²) in [5.74, 6) is 5.33. The summed E-state index contributed by atoms with van der Waals surface area (Å²) in [6.45, 7) is 0. The first kappa shape index (κ1) is 14.7. The fraction of sp³-hybridized carbons (Fsp3) is 0.300. The van der Waals surface area contributed by atoms with Crippen LogP contribution in [0.5, 0.6) is 5.75 Å². The molecule has 0 saturated heterocycles. The first-order chi connectivity index (χ1) is 7.74. The number of nitrogens with two attached hydrogens (primary N) is 1. The van der Waals surface area contributed by atoms with Crippen LogP contribution >= 0.6 is 15.9 Å². The Labute approximate surface area is 103 Å². The zero-order valence-electron chi connectivity index (χ0n) is 9.29. The van der Waals surface area contributed by atoms with Crippen LogP contribution in [-0.4, -0.2) is 20.6 Å². The van der Waals surface area contributed by atoms with Crippen LogP contribution in [0.1, 0.15) is 5.56 Å². The zero-order chi connectivity index (χ0) is 12.4. The number of carbonyl (C=O) groups is 1. The summed E-state index contributed by atoms with van der Waals surface area (Å²) in [5, 5.41) is 3.91. The summed E-state index contributed by atoms with van der Waals surface area (Å²) >= 11 is 3.42.